The molecule has 1 rings (SSSR count). The number of ether oxygens (including phenoxy) is 1. The fourth-order valence-electron chi connectivity index (χ4n) is 2.85. The highest BCUT2D eigenvalue weighted by Gasteiger charge is 2.13. The number of benzene rings is 1. The lowest BCUT2D eigenvalue weighted by Crippen LogP contribution is -2.28. The Morgan fingerprint density at radius 2 is 1.95 bits per heavy atom. The first-order valence-electron chi connectivity index (χ1n) is 8.09. The normalized spacial score (nSPS) is 14.1. The zero-order chi connectivity index (χ0) is 15.5. The standard InChI is InChI=1S/C18H30BrNO/c1-4-5-15(2)12-17(14-20-10-11-21-3)13-16-6-8-18(19)9-7-16/h6-9,15,17,20H,4-5,10-14H2,1-3H3. The van der Waals surface area contributed by atoms with Gasteiger partial charge in [0.05, 0.1) is 6.61 Å². The van der Waals surface area contributed by atoms with Crippen LogP contribution in [0.1, 0.15) is 38.7 Å². The molecule has 0 spiro atoms. The molecule has 0 amide bonds. The Bertz CT molecular complexity index is 366. The van der Waals surface area contributed by atoms with E-state index in [2.05, 4.69) is 59.4 Å². The van der Waals surface area contributed by atoms with E-state index in [1.54, 1.807) is 7.11 Å². The van der Waals surface area contributed by atoms with Gasteiger partial charge in [-0.2, -0.15) is 0 Å². The summed E-state index contributed by atoms with van der Waals surface area (Å²) in [5.41, 5.74) is 1.43. The Hall–Kier alpha value is -0.380. The second kappa shape index (κ2) is 11.2. The third-order valence-corrected chi connectivity index (χ3v) is 4.40. The first kappa shape index (κ1) is 18.7. The van der Waals surface area contributed by atoms with Crippen molar-refractivity contribution in [3.8, 4) is 0 Å². The average molecular weight is 356 g/mol. The highest BCUT2D eigenvalue weighted by Crippen LogP contribution is 2.21. The molecule has 21 heavy (non-hydrogen) atoms. The van der Waals surface area contributed by atoms with Crippen molar-refractivity contribution >= 4 is 15.9 Å². The molecule has 0 saturated heterocycles. The first-order chi connectivity index (χ1) is 10.2. The monoisotopic (exact) mass is 355 g/mol. The van der Waals surface area contributed by atoms with Crippen LogP contribution < -0.4 is 5.32 Å². The van der Waals surface area contributed by atoms with Gasteiger partial charge < -0.3 is 10.1 Å². The van der Waals surface area contributed by atoms with Crippen LogP contribution in [0.15, 0.2) is 28.7 Å². The van der Waals surface area contributed by atoms with Gasteiger partial charge in [0.15, 0.2) is 0 Å². The molecule has 0 aliphatic heterocycles. The number of hydrogen-bond donors (Lipinski definition) is 1. The van der Waals surface area contributed by atoms with E-state index in [4.69, 9.17) is 4.74 Å². The van der Waals surface area contributed by atoms with E-state index < -0.39 is 0 Å². The van der Waals surface area contributed by atoms with Gasteiger partial charge in [-0.05, 0) is 48.9 Å². The van der Waals surface area contributed by atoms with E-state index in [0.29, 0.717) is 5.92 Å². The molecule has 1 aromatic rings. The molecule has 0 aliphatic carbocycles. The predicted octanol–water partition coefficient (Wildman–Crippen LogP) is 4.67. The van der Waals surface area contributed by atoms with Crippen molar-refractivity contribution in [3.63, 3.8) is 0 Å². The van der Waals surface area contributed by atoms with E-state index in [-0.39, 0.29) is 0 Å². The third-order valence-electron chi connectivity index (χ3n) is 3.87. The van der Waals surface area contributed by atoms with Gasteiger partial charge in [0, 0.05) is 18.1 Å². The van der Waals surface area contributed by atoms with E-state index >= 15 is 0 Å². The second-order valence-electron chi connectivity index (χ2n) is 6.02. The van der Waals surface area contributed by atoms with Gasteiger partial charge in [0.1, 0.15) is 0 Å². The van der Waals surface area contributed by atoms with E-state index in [1.807, 2.05) is 0 Å². The number of methoxy groups -OCH3 is 1. The quantitative estimate of drug-likeness (QED) is 0.582. The van der Waals surface area contributed by atoms with Crippen molar-refractivity contribution in [2.75, 3.05) is 26.8 Å². The Morgan fingerprint density at radius 3 is 2.57 bits per heavy atom. The molecule has 2 atom stereocenters. The Morgan fingerprint density at radius 1 is 1.24 bits per heavy atom. The summed E-state index contributed by atoms with van der Waals surface area (Å²) in [6.07, 6.45) is 5.06. The van der Waals surface area contributed by atoms with Gasteiger partial charge in [-0.15, -0.1) is 0 Å². The van der Waals surface area contributed by atoms with Gasteiger partial charge >= 0.3 is 0 Å². The molecule has 0 radical (unpaired) electrons. The molecule has 0 aliphatic rings. The largest absolute Gasteiger partial charge is 0.383 e. The lowest BCUT2D eigenvalue weighted by atomic mass is 9.88. The van der Waals surface area contributed by atoms with Crippen LogP contribution in [0, 0.1) is 11.8 Å². The zero-order valence-corrected chi connectivity index (χ0v) is 15.3. The molecule has 2 nitrogen and oxygen atoms in total. The van der Waals surface area contributed by atoms with Crippen LogP contribution in [0.2, 0.25) is 0 Å². The molecule has 0 bridgehead atoms. The topological polar surface area (TPSA) is 21.3 Å². The SMILES string of the molecule is CCCC(C)CC(CNCCOC)Cc1ccc(Br)cc1. The van der Waals surface area contributed by atoms with Crippen molar-refractivity contribution in [3.05, 3.63) is 34.3 Å². The molecule has 0 aromatic heterocycles. The zero-order valence-electron chi connectivity index (χ0n) is 13.7. The first-order valence-corrected chi connectivity index (χ1v) is 8.89. The molecule has 0 heterocycles. The fourth-order valence-corrected chi connectivity index (χ4v) is 3.12. The van der Waals surface area contributed by atoms with Crippen LogP contribution in [0.3, 0.4) is 0 Å². The minimum Gasteiger partial charge on any atom is -0.383 e. The van der Waals surface area contributed by atoms with Crippen LogP contribution in [0.5, 0.6) is 0 Å². The minimum atomic E-state index is 0.699. The maximum atomic E-state index is 5.11. The molecular formula is C18H30BrNO. The molecule has 1 N–H and O–H groups in total. The summed E-state index contributed by atoms with van der Waals surface area (Å²) in [6, 6.07) is 8.74. The number of rotatable bonds is 11. The number of nitrogens with one attached hydrogen (secondary N) is 1. The summed E-state index contributed by atoms with van der Waals surface area (Å²) in [4.78, 5) is 0. The molecule has 120 valence electrons. The lowest BCUT2D eigenvalue weighted by Gasteiger charge is -2.21. The van der Waals surface area contributed by atoms with E-state index in [1.165, 1.54) is 24.8 Å². The summed E-state index contributed by atoms with van der Waals surface area (Å²) in [6.45, 7) is 7.46. The highest BCUT2D eigenvalue weighted by molar-refractivity contribution is 9.10. The van der Waals surface area contributed by atoms with Crippen LogP contribution >= 0.6 is 15.9 Å². The van der Waals surface area contributed by atoms with Crippen molar-refractivity contribution in [2.45, 2.75) is 39.5 Å². The van der Waals surface area contributed by atoms with Crippen molar-refractivity contribution in [2.24, 2.45) is 11.8 Å². The van der Waals surface area contributed by atoms with E-state index in [0.717, 1.165) is 36.5 Å². The summed E-state index contributed by atoms with van der Waals surface area (Å²) in [5.74, 6) is 1.50. The molecule has 1 aromatic carbocycles. The van der Waals surface area contributed by atoms with Gasteiger partial charge in [-0.25, -0.2) is 0 Å². The van der Waals surface area contributed by atoms with Gasteiger partial charge in [-0.1, -0.05) is 54.8 Å². The Balaban J connectivity index is 2.51. The Kier molecular flexibility index (Phi) is 9.98. The van der Waals surface area contributed by atoms with Crippen molar-refractivity contribution in [1.29, 1.82) is 0 Å². The smallest absolute Gasteiger partial charge is 0.0587 e. The fraction of sp³-hybridized carbons (Fsp3) is 0.667. The number of halogens is 1. The summed E-state index contributed by atoms with van der Waals surface area (Å²) >= 11 is 3.51. The lowest BCUT2D eigenvalue weighted by molar-refractivity contribution is 0.196. The number of hydrogen-bond acceptors (Lipinski definition) is 2. The van der Waals surface area contributed by atoms with Gasteiger partial charge in [-0.3, -0.25) is 0 Å². The molecule has 0 saturated carbocycles. The van der Waals surface area contributed by atoms with Crippen LogP contribution in [0.4, 0.5) is 0 Å². The minimum absolute atomic E-state index is 0.699. The summed E-state index contributed by atoms with van der Waals surface area (Å²) in [5, 5.41) is 3.53. The van der Waals surface area contributed by atoms with Gasteiger partial charge in [0.2, 0.25) is 0 Å². The maximum absolute atomic E-state index is 5.11. The second-order valence-corrected chi connectivity index (χ2v) is 6.94. The predicted molar refractivity (Wildman–Crippen MR) is 94.8 cm³/mol. The molecule has 2 unspecified atom stereocenters. The van der Waals surface area contributed by atoms with Gasteiger partial charge in [0.25, 0.3) is 0 Å². The summed E-state index contributed by atoms with van der Waals surface area (Å²) < 4.78 is 6.26. The molecule has 3 heteroatoms. The molecular weight excluding hydrogens is 326 g/mol. The Labute approximate surface area is 138 Å². The van der Waals surface area contributed by atoms with Crippen molar-refractivity contribution < 1.29 is 4.74 Å². The van der Waals surface area contributed by atoms with E-state index in [9.17, 15) is 0 Å². The van der Waals surface area contributed by atoms with Crippen LogP contribution in [0.25, 0.3) is 0 Å². The molecule has 0 fully saturated rings. The van der Waals surface area contributed by atoms with Crippen LogP contribution in [-0.4, -0.2) is 26.8 Å². The average Bonchev–Trinajstić information content (AvgIpc) is 2.46. The third kappa shape index (κ3) is 8.60. The van der Waals surface area contributed by atoms with Crippen molar-refractivity contribution in [1.82, 2.24) is 5.32 Å². The maximum Gasteiger partial charge on any atom is 0.0587 e. The summed E-state index contributed by atoms with van der Waals surface area (Å²) in [7, 11) is 1.75. The highest BCUT2D eigenvalue weighted by atomic mass is 79.9. The van der Waals surface area contributed by atoms with Crippen LogP contribution in [-0.2, 0) is 11.2 Å².